The molecule has 4 heteroatoms. The number of amides is 1. The Balaban J connectivity index is 2.43. The standard InChI is InChI=1S/C10H11NO2S/c1-11-8-3-2-7(6-14)4-9(8)13-5-10(11)12/h2-4,14H,5-6H2,1H3. The number of likely N-dealkylation sites (N-methyl/N-ethyl adjacent to an activating group) is 1. The number of carbonyl (C=O) groups excluding carboxylic acids is 1. The van der Waals surface area contributed by atoms with Crippen LogP contribution in [-0.2, 0) is 10.5 Å². The number of hydrogen-bond donors (Lipinski definition) is 1. The maximum absolute atomic E-state index is 11.3. The van der Waals surface area contributed by atoms with Gasteiger partial charge in [-0.25, -0.2) is 0 Å². The number of fused-ring (bicyclic) bond motifs is 1. The number of thiol groups is 1. The molecule has 0 fully saturated rings. The second-order valence-corrected chi connectivity index (χ2v) is 3.52. The van der Waals surface area contributed by atoms with E-state index in [-0.39, 0.29) is 12.5 Å². The maximum Gasteiger partial charge on any atom is 0.264 e. The highest BCUT2D eigenvalue weighted by Gasteiger charge is 2.21. The highest BCUT2D eigenvalue weighted by atomic mass is 32.1. The summed E-state index contributed by atoms with van der Waals surface area (Å²) in [6, 6.07) is 5.76. The van der Waals surface area contributed by atoms with Crippen molar-refractivity contribution in [3.63, 3.8) is 0 Å². The Morgan fingerprint density at radius 1 is 1.57 bits per heavy atom. The van der Waals surface area contributed by atoms with E-state index >= 15 is 0 Å². The van der Waals surface area contributed by atoms with Crippen LogP contribution in [0.1, 0.15) is 5.56 Å². The molecule has 0 aliphatic carbocycles. The molecule has 14 heavy (non-hydrogen) atoms. The molecule has 0 saturated heterocycles. The van der Waals surface area contributed by atoms with Gasteiger partial charge in [0.15, 0.2) is 6.61 Å². The number of ether oxygens (including phenoxy) is 1. The summed E-state index contributed by atoms with van der Waals surface area (Å²) < 4.78 is 5.32. The van der Waals surface area contributed by atoms with E-state index in [4.69, 9.17) is 4.74 Å². The summed E-state index contributed by atoms with van der Waals surface area (Å²) in [5.41, 5.74) is 1.92. The first-order valence-corrected chi connectivity index (χ1v) is 4.99. The van der Waals surface area contributed by atoms with Crippen LogP contribution in [0.2, 0.25) is 0 Å². The van der Waals surface area contributed by atoms with Crippen LogP contribution in [0.3, 0.4) is 0 Å². The van der Waals surface area contributed by atoms with Crippen LogP contribution >= 0.6 is 12.6 Å². The lowest BCUT2D eigenvalue weighted by Gasteiger charge is -2.26. The molecule has 74 valence electrons. The second-order valence-electron chi connectivity index (χ2n) is 3.20. The number of rotatable bonds is 1. The Labute approximate surface area is 88.1 Å². The summed E-state index contributed by atoms with van der Waals surface area (Å²) >= 11 is 4.18. The third-order valence-corrected chi connectivity index (χ3v) is 2.66. The van der Waals surface area contributed by atoms with E-state index in [2.05, 4.69) is 12.6 Å². The smallest absolute Gasteiger partial charge is 0.264 e. The van der Waals surface area contributed by atoms with Crippen LogP contribution < -0.4 is 9.64 Å². The van der Waals surface area contributed by atoms with Gasteiger partial charge in [-0.05, 0) is 17.7 Å². The largest absolute Gasteiger partial charge is 0.482 e. The Bertz CT molecular complexity index is 378. The minimum Gasteiger partial charge on any atom is -0.482 e. The maximum atomic E-state index is 11.3. The van der Waals surface area contributed by atoms with Crippen molar-refractivity contribution in [2.75, 3.05) is 18.6 Å². The number of nitrogens with zero attached hydrogens (tertiary/aromatic N) is 1. The highest BCUT2D eigenvalue weighted by Crippen LogP contribution is 2.32. The normalized spacial score (nSPS) is 15.0. The first-order valence-electron chi connectivity index (χ1n) is 4.35. The molecule has 0 N–H and O–H groups in total. The van der Waals surface area contributed by atoms with Gasteiger partial charge in [0, 0.05) is 12.8 Å². The van der Waals surface area contributed by atoms with E-state index in [1.165, 1.54) is 0 Å². The molecule has 0 saturated carbocycles. The van der Waals surface area contributed by atoms with E-state index in [0.29, 0.717) is 5.75 Å². The zero-order valence-electron chi connectivity index (χ0n) is 7.86. The molecule has 1 amide bonds. The van der Waals surface area contributed by atoms with Gasteiger partial charge >= 0.3 is 0 Å². The van der Waals surface area contributed by atoms with Gasteiger partial charge in [-0.2, -0.15) is 12.6 Å². The average Bonchev–Trinajstić information content (AvgIpc) is 2.23. The van der Waals surface area contributed by atoms with Crippen LogP contribution in [0, 0.1) is 0 Å². The third kappa shape index (κ3) is 1.46. The van der Waals surface area contributed by atoms with Gasteiger partial charge in [-0.15, -0.1) is 0 Å². The SMILES string of the molecule is CN1C(=O)COc2cc(CS)ccc21. The fourth-order valence-corrected chi connectivity index (χ4v) is 1.62. The minimum absolute atomic E-state index is 0.0175. The fraction of sp³-hybridized carbons (Fsp3) is 0.300. The van der Waals surface area contributed by atoms with Gasteiger partial charge < -0.3 is 9.64 Å². The zero-order valence-corrected chi connectivity index (χ0v) is 8.75. The van der Waals surface area contributed by atoms with Crippen LogP contribution in [0.4, 0.5) is 5.69 Å². The van der Waals surface area contributed by atoms with Gasteiger partial charge in [0.05, 0.1) is 5.69 Å². The number of benzene rings is 1. The molecule has 1 aliphatic rings. The molecule has 0 unspecified atom stereocenters. The zero-order chi connectivity index (χ0) is 10.1. The lowest BCUT2D eigenvalue weighted by Crippen LogP contribution is -2.35. The summed E-state index contributed by atoms with van der Waals surface area (Å²) in [6.07, 6.45) is 0. The van der Waals surface area contributed by atoms with E-state index in [0.717, 1.165) is 17.0 Å². The molecule has 0 radical (unpaired) electrons. The molecule has 1 aromatic carbocycles. The monoisotopic (exact) mass is 209 g/mol. The molecule has 1 aromatic rings. The van der Waals surface area contributed by atoms with E-state index in [9.17, 15) is 4.79 Å². The average molecular weight is 209 g/mol. The quantitative estimate of drug-likeness (QED) is 0.710. The van der Waals surface area contributed by atoms with Crippen molar-refractivity contribution < 1.29 is 9.53 Å². The van der Waals surface area contributed by atoms with Crippen LogP contribution in [0.25, 0.3) is 0 Å². The molecule has 1 heterocycles. The van der Waals surface area contributed by atoms with Crippen LogP contribution in [-0.4, -0.2) is 19.6 Å². The van der Waals surface area contributed by atoms with Crippen molar-refractivity contribution in [3.8, 4) is 5.75 Å². The number of anilines is 1. The predicted octanol–water partition coefficient (Wildman–Crippen LogP) is 1.47. The van der Waals surface area contributed by atoms with E-state index in [1.807, 2.05) is 18.2 Å². The summed E-state index contributed by atoms with van der Waals surface area (Å²) in [6.45, 7) is 0.125. The van der Waals surface area contributed by atoms with E-state index in [1.54, 1.807) is 11.9 Å². The molecule has 2 rings (SSSR count). The molecule has 1 aliphatic heterocycles. The van der Waals surface area contributed by atoms with Gasteiger partial charge in [0.2, 0.25) is 0 Å². The molecule has 0 aromatic heterocycles. The van der Waals surface area contributed by atoms with Crippen molar-refractivity contribution in [1.82, 2.24) is 0 Å². The van der Waals surface area contributed by atoms with Crippen molar-refractivity contribution in [1.29, 1.82) is 0 Å². The number of hydrogen-bond acceptors (Lipinski definition) is 3. The third-order valence-electron chi connectivity index (χ3n) is 2.29. The van der Waals surface area contributed by atoms with Crippen molar-refractivity contribution in [2.45, 2.75) is 5.75 Å². The molecular formula is C10H11NO2S. The van der Waals surface area contributed by atoms with Gasteiger partial charge in [-0.1, -0.05) is 6.07 Å². The van der Waals surface area contributed by atoms with Crippen LogP contribution in [0.5, 0.6) is 5.75 Å². The van der Waals surface area contributed by atoms with Gasteiger partial charge in [-0.3, -0.25) is 4.79 Å². The van der Waals surface area contributed by atoms with Gasteiger partial charge in [0.25, 0.3) is 5.91 Å². The lowest BCUT2D eigenvalue weighted by atomic mass is 10.2. The van der Waals surface area contributed by atoms with E-state index < -0.39 is 0 Å². The topological polar surface area (TPSA) is 29.5 Å². The van der Waals surface area contributed by atoms with Crippen molar-refractivity contribution >= 4 is 24.2 Å². The first-order chi connectivity index (χ1) is 6.72. The first kappa shape index (κ1) is 9.40. The Kier molecular flexibility index (Phi) is 2.37. The Hall–Kier alpha value is -1.16. The summed E-state index contributed by atoms with van der Waals surface area (Å²) in [5.74, 6) is 1.42. The molecular weight excluding hydrogens is 198 g/mol. The minimum atomic E-state index is -0.0175. The van der Waals surface area contributed by atoms with Crippen LogP contribution in [0.15, 0.2) is 18.2 Å². The molecule has 0 atom stereocenters. The lowest BCUT2D eigenvalue weighted by molar-refractivity contribution is -0.120. The van der Waals surface area contributed by atoms with Crippen molar-refractivity contribution in [2.24, 2.45) is 0 Å². The molecule has 0 spiro atoms. The summed E-state index contributed by atoms with van der Waals surface area (Å²) in [7, 11) is 1.75. The molecule has 0 bridgehead atoms. The second kappa shape index (κ2) is 3.53. The number of carbonyl (C=O) groups is 1. The fourth-order valence-electron chi connectivity index (χ4n) is 1.42. The van der Waals surface area contributed by atoms with Gasteiger partial charge in [0.1, 0.15) is 5.75 Å². The molecule has 3 nitrogen and oxygen atoms in total. The summed E-state index contributed by atoms with van der Waals surface area (Å²) in [5, 5.41) is 0. The Morgan fingerprint density at radius 2 is 2.36 bits per heavy atom. The highest BCUT2D eigenvalue weighted by molar-refractivity contribution is 7.79. The van der Waals surface area contributed by atoms with Crippen molar-refractivity contribution in [3.05, 3.63) is 23.8 Å². The predicted molar refractivity (Wildman–Crippen MR) is 58.0 cm³/mol. The Morgan fingerprint density at radius 3 is 3.07 bits per heavy atom. The summed E-state index contributed by atoms with van der Waals surface area (Å²) in [4.78, 5) is 12.9.